The zero-order valence-electron chi connectivity index (χ0n) is 10.7. The SMILES string of the molecule is CC1(C)COC(C)(C2CCCCS2(=O)=O)N1.Cl. The van der Waals surface area contributed by atoms with Crippen LogP contribution in [0.15, 0.2) is 0 Å². The molecular formula is C11H22ClNO3S. The third-order valence-corrected chi connectivity index (χ3v) is 5.92. The second-order valence-electron chi connectivity index (χ2n) is 5.76. The van der Waals surface area contributed by atoms with Crippen LogP contribution in [-0.4, -0.2) is 37.3 Å². The highest BCUT2D eigenvalue weighted by Crippen LogP contribution is 2.34. The molecule has 0 aromatic carbocycles. The molecule has 0 spiro atoms. The monoisotopic (exact) mass is 283 g/mol. The highest BCUT2D eigenvalue weighted by molar-refractivity contribution is 7.92. The molecule has 102 valence electrons. The van der Waals surface area contributed by atoms with Gasteiger partial charge in [0.25, 0.3) is 0 Å². The molecule has 0 bridgehead atoms. The Bertz CT molecular complexity index is 382. The van der Waals surface area contributed by atoms with Crippen LogP contribution in [0.3, 0.4) is 0 Å². The van der Waals surface area contributed by atoms with Crippen molar-refractivity contribution in [3.63, 3.8) is 0 Å². The minimum atomic E-state index is -3.00. The van der Waals surface area contributed by atoms with Crippen molar-refractivity contribution in [3.05, 3.63) is 0 Å². The predicted molar refractivity (Wildman–Crippen MR) is 70.2 cm³/mol. The van der Waals surface area contributed by atoms with E-state index in [1.54, 1.807) is 0 Å². The van der Waals surface area contributed by atoms with Crippen molar-refractivity contribution in [2.45, 2.75) is 56.5 Å². The Morgan fingerprint density at radius 2 is 1.88 bits per heavy atom. The van der Waals surface area contributed by atoms with Gasteiger partial charge in [0.2, 0.25) is 0 Å². The fourth-order valence-electron chi connectivity index (χ4n) is 2.82. The van der Waals surface area contributed by atoms with Gasteiger partial charge in [-0.25, -0.2) is 8.42 Å². The summed E-state index contributed by atoms with van der Waals surface area (Å²) in [7, 11) is -3.00. The topological polar surface area (TPSA) is 55.4 Å². The summed E-state index contributed by atoms with van der Waals surface area (Å²) in [6.45, 7) is 6.51. The summed E-state index contributed by atoms with van der Waals surface area (Å²) < 4.78 is 29.9. The first kappa shape index (κ1) is 15.2. The van der Waals surface area contributed by atoms with Crippen molar-refractivity contribution in [2.75, 3.05) is 12.4 Å². The molecule has 0 amide bonds. The zero-order chi connectivity index (χ0) is 12.0. The maximum absolute atomic E-state index is 12.1. The molecule has 17 heavy (non-hydrogen) atoms. The molecule has 2 aliphatic rings. The molecule has 2 fully saturated rings. The molecule has 2 unspecified atom stereocenters. The first-order valence-corrected chi connectivity index (χ1v) is 7.62. The van der Waals surface area contributed by atoms with E-state index in [0.29, 0.717) is 18.8 Å². The fourth-order valence-corrected chi connectivity index (χ4v) is 5.05. The van der Waals surface area contributed by atoms with Crippen LogP contribution in [0.2, 0.25) is 0 Å². The molecule has 0 aliphatic carbocycles. The molecule has 2 heterocycles. The first-order chi connectivity index (χ1) is 7.25. The summed E-state index contributed by atoms with van der Waals surface area (Å²) >= 11 is 0. The van der Waals surface area contributed by atoms with Crippen LogP contribution in [0.1, 0.15) is 40.0 Å². The Labute approximate surface area is 110 Å². The maximum Gasteiger partial charge on any atom is 0.157 e. The normalized spacial score (nSPS) is 39.6. The van der Waals surface area contributed by atoms with Gasteiger partial charge in [-0.2, -0.15) is 0 Å². The lowest BCUT2D eigenvalue weighted by Gasteiger charge is -2.36. The van der Waals surface area contributed by atoms with Crippen molar-refractivity contribution in [1.82, 2.24) is 5.32 Å². The molecule has 2 rings (SSSR count). The van der Waals surface area contributed by atoms with E-state index in [4.69, 9.17) is 4.74 Å². The number of nitrogens with one attached hydrogen (secondary N) is 1. The molecular weight excluding hydrogens is 262 g/mol. The number of hydrogen-bond acceptors (Lipinski definition) is 4. The quantitative estimate of drug-likeness (QED) is 0.792. The third kappa shape index (κ3) is 2.95. The number of hydrogen-bond donors (Lipinski definition) is 1. The molecule has 1 N–H and O–H groups in total. The lowest BCUT2D eigenvalue weighted by Crippen LogP contribution is -2.57. The first-order valence-electron chi connectivity index (χ1n) is 5.90. The van der Waals surface area contributed by atoms with E-state index >= 15 is 0 Å². The molecule has 0 aromatic heterocycles. The molecule has 0 radical (unpaired) electrons. The van der Waals surface area contributed by atoms with Crippen molar-refractivity contribution in [1.29, 1.82) is 0 Å². The Hall–Kier alpha value is 0.160. The average molecular weight is 284 g/mol. The second kappa shape index (κ2) is 4.68. The molecule has 2 saturated heterocycles. The van der Waals surface area contributed by atoms with Crippen molar-refractivity contribution < 1.29 is 13.2 Å². The predicted octanol–water partition coefficient (Wildman–Crippen LogP) is 1.49. The minimum Gasteiger partial charge on any atom is -0.358 e. The minimum absolute atomic E-state index is 0. The Kier molecular flexibility index (Phi) is 4.19. The standard InChI is InChI=1S/C11H21NO3S.ClH/c1-10(2)8-15-11(3,12-10)9-6-4-5-7-16(9,13)14;/h9,12H,4-8H2,1-3H3;1H. The summed E-state index contributed by atoms with van der Waals surface area (Å²) in [6, 6.07) is 0. The van der Waals surface area contributed by atoms with Gasteiger partial charge in [-0.05, 0) is 33.6 Å². The molecule has 6 heteroatoms. The third-order valence-electron chi connectivity index (χ3n) is 3.51. The number of rotatable bonds is 1. The molecule has 0 saturated carbocycles. The van der Waals surface area contributed by atoms with Crippen LogP contribution in [0, 0.1) is 0 Å². The van der Waals surface area contributed by atoms with Crippen LogP contribution in [-0.2, 0) is 14.6 Å². The summed E-state index contributed by atoms with van der Waals surface area (Å²) in [5, 5.41) is 2.94. The Morgan fingerprint density at radius 1 is 1.24 bits per heavy atom. The highest BCUT2D eigenvalue weighted by atomic mass is 35.5. The Balaban J connectivity index is 0.00000144. The summed E-state index contributed by atoms with van der Waals surface area (Å²) in [5.74, 6) is 0.304. The average Bonchev–Trinajstić information content (AvgIpc) is 2.40. The number of ether oxygens (including phenoxy) is 1. The lowest BCUT2D eigenvalue weighted by atomic mass is 10.0. The largest absolute Gasteiger partial charge is 0.358 e. The van der Waals surface area contributed by atoms with Gasteiger partial charge < -0.3 is 4.74 Å². The van der Waals surface area contributed by atoms with Crippen molar-refractivity contribution >= 4 is 22.2 Å². The summed E-state index contributed by atoms with van der Waals surface area (Å²) in [4.78, 5) is 0. The molecule has 2 aliphatic heterocycles. The van der Waals surface area contributed by atoms with Crippen LogP contribution < -0.4 is 5.32 Å². The summed E-state index contributed by atoms with van der Waals surface area (Å²) in [5.41, 5.74) is -0.843. The second-order valence-corrected chi connectivity index (χ2v) is 8.06. The Morgan fingerprint density at radius 3 is 2.35 bits per heavy atom. The summed E-state index contributed by atoms with van der Waals surface area (Å²) in [6.07, 6.45) is 2.48. The zero-order valence-corrected chi connectivity index (χ0v) is 12.3. The van der Waals surface area contributed by atoms with Gasteiger partial charge in [0, 0.05) is 5.54 Å². The molecule has 0 aromatic rings. The van der Waals surface area contributed by atoms with Gasteiger partial charge in [0.15, 0.2) is 9.84 Å². The van der Waals surface area contributed by atoms with E-state index in [-0.39, 0.29) is 17.9 Å². The van der Waals surface area contributed by atoms with Gasteiger partial charge in [0.1, 0.15) is 11.0 Å². The van der Waals surface area contributed by atoms with Gasteiger partial charge in [-0.15, -0.1) is 12.4 Å². The van der Waals surface area contributed by atoms with Gasteiger partial charge in [-0.1, -0.05) is 6.42 Å². The van der Waals surface area contributed by atoms with Crippen LogP contribution in [0.4, 0.5) is 0 Å². The van der Waals surface area contributed by atoms with E-state index in [1.807, 2.05) is 20.8 Å². The van der Waals surface area contributed by atoms with Crippen molar-refractivity contribution in [2.24, 2.45) is 0 Å². The maximum atomic E-state index is 12.1. The fraction of sp³-hybridized carbons (Fsp3) is 1.00. The van der Waals surface area contributed by atoms with E-state index in [9.17, 15) is 8.42 Å². The lowest BCUT2D eigenvalue weighted by molar-refractivity contribution is -0.000319. The van der Waals surface area contributed by atoms with E-state index < -0.39 is 20.8 Å². The van der Waals surface area contributed by atoms with E-state index in [2.05, 4.69) is 5.32 Å². The molecule has 4 nitrogen and oxygen atoms in total. The van der Waals surface area contributed by atoms with Gasteiger partial charge in [-0.3, -0.25) is 5.32 Å². The van der Waals surface area contributed by atoms with E-state index in [0.717, 1.165) is 12.8 Å². The van der Waals surface area contributed by atoms with Gasteiger partial charge in [0.05, 0.1) is 12.4 Å². The highest BCUT2D eigenvalue weighted by Gasteiger charge is 2.51. The van der Waals surface area contributed by atoms with Crippen molar-refractivity contribution in [3.8, 4) is 0 Å². The van der Waals surface area contributed by atoms with Crippen LogP contribution in [0.25, 0.3) is 0 Å². The van der Waals surface area contributed by atoms with Gasteiger partial charge >= 0.3 is 0 Å². The number of halogens is 1. The smallest absolute Gasteiger partial charge is 0.157 e. The van der Waals surface area contributed by atoms with Crippen LogP contribution in [0.5, 0.6) is 0 Å². The van der Waals surface area contributed by atoms with Crippen LogP contribution >= 0.6 is 12.4 Å². The number of sulfone groups is 1. The molecule has 2 atom stereocenters. The van der Waals surface area contributed by atoms with E-state index in [1.165, 1.54) is 0 Å².